The fourth-order valence-corrected chi connectivity index (χ4v) is 4.78. The summed E-state index contributed by atoms with van der Waals surface area (Å²) in [6.07, 6.45) is 0. The number of sulfonamides is 1. The first-order valence-corrected chi connectivity index (χ1v) is 11.3. The zero-order chi connectivity index (χ0) is 23.2. The minimum Gasteiger partial charge on any atom is -0.496 e. The van der Waals surface area contributed by atoms with Crippen LogP contribution in [0.15, 0.2) is 53.4 Å². The van der Waals surface area contributed by atoms with E-state index in [9.17, 15) is 17.6 Å². The second-order valence-corrected chi connectivity index (χ2v) is 9.24. The number of amides is 1. The minimum absolute atomic E-state index is 0.0599. The zero-order valence-electron chi connectivity index (χ0n) is 16.9. The number of carbonyl (C=O) groups excluding carboxylic acids is 1. The van der Waals surface area contributed by atoms with Crippen LogP contribution in [0.4, 0.5) is 14.5 Å². The van der Waals surface area contributed by atoms with Gasteiger partial charge in [-0.1, -0.05) is 29.8 Å². The Labute approximate surface area is 188 Å². The first-order valence-electron chi connectivity index (χ1n) is 9.42. The number of benzene rings is 3. The van der Waals surface area contributed by atoms with Crippen molar-refractivity contribution in [3.8, 4) is 16.9 Å². The van der Waals surface area contributed by atoms with E-state index in [1.54, 1.807) is 19.1 Å². The Hall–Kier alpha value is -3.17. The molecule has 0 bridgehead atoms. The maximum atomic E-state index is 15.4. The highest BCUT2D eigenvalue weighted by atomic mass is 35.5. The Bertz CT molecular complexity index is 1360. The minimum atomic E-state index is -3.69. The van der Waals surface area contributed by atoms with Crippen molar-refractivity contribution in [2.24, 2.45) is 0 Å². The average molecular weight is 479 g/mol. The summed E-state index contributed by atoms with van der Waals surface area (Å²) in [5, 5.41) is 3.02. The van der Waals surface area contributed by atoms with Gasteiger partial charge in [-0.15, -0.1) is 0 Å². The molecule has 4 rings (SSSR count). The predicted molar refractivity (Wildman–Crippen MR) is 116 cm³/mol. The number of halogens is 3. The number of fused-ring (bicyclic) bond motifs is 1. The van der Waals surface area contributed by atoms with E-state index in [1.165, 1.54) is 43.5 Å². The van der Waals surface area contributed by atoms with Crippen LogP contribution >= 0.6 is 11.6 Å². The lowest BCUT2D eigenvalue weighted by Crippen LogP contribution is -2.28. The summed E-state index contributed by atoms with van der Waals surface area (Å²) in [4.78, 5) is 12.6. The van der Waals surface area contributed by atoms with Crippen LogP contribution in [0.3, 0.4) is 0 Å². The van der Waals surface area contributed by atoms with Gasteiger partial charge in [-0.2, -0.15) is 0 Å². The number of ether oxygens (including phenoxy) is 1. The summed E-state index contributed by atoms with van der Waals surface area (Å²) in [6.45, 7) is 1.58. The van der Waals surface area contributed by atoms with Crippen molar-refractivity contribution in [3.05, 3.63) is 76.3 Å². The van der Waals surface area contributed by atoms with Gasteiger partial charge in [-0.05, 0) is 37.3 Å². The highest BCUT2D eigenvalue weighted by molar-refractivity contribution is 7.94. The van der Waals surface area contributed by atoms with Crippen LogP contribution in [0.25, 0.3) is 11.1 Å². The molecule has 10 heteroatoms. The lowest BCUT2D eigenvalue weighted by molar-refractivity contribution is 0.0936. The van der Waals surface area contributed by atoms with Crippen LogP contribution in [0, 0.1) is 11.6 Å². The molecule has 1 heterocycles. The van der Waals surface area contributed by atoms with Gasteiger partial charge < -0.3 is 10.1 Å². The molecule has 1 unspecified atom stereocenters. The van der Waals surface area contributed by atoms with E-state index >= 15 is 4.39 Å². The maximum absolute atomic E-state index is 15.4. The molecule has 0 aliphatic carbocycles. The highest BCUT2D eigenvalue weighted by Gasteiger charge is 2.34. The van der Waals surface area contributed by atoms with Crippen molar-refractivity contribution in [1.82, 2.24) is 5.32 Å². The van der Waals surface area contributed by atoms with Crippen LogP contribution < -0.4 is 14.8 Å². The lowest BCUT2D eigenvalue weighted by atomic mass is 9.98. The second kappa shape index (κ2) is 8.07. The van der Waals surface area contributed by atoms with Crippen LogP contribution in [0.5, 0.6) is 5.75 Å². The molecule has 3 aromatic carbocycles. The van der Waals surface area contributed by atoms with E-state index in [0.717, 1.165) is 0 Å². The number of anilines is 1. The number of nitrogens with one attached hydrogen (secondary N) is 2. The van der Waals surface area contributed by atoms with Crippen molar-refractivity contribution in [3.63, 3.8) is 0 Å². The SMILES string of the molecule is COc1ccc(Cl)cc1C(=O)NC(C)c1cccc(-c2ccc3c(c2F)NS3(=O)=O)c1F. The van der Waals surface area contributed by atoms with Gasteiger partial charge in [0, 0.05) is 21.7 Å². The van der Waals surface area contributed by atoms with E-state index in [0.29, 0.717) is 10.8 Å². The first kappa shape index (κ1) is 22.0. The summed E-state index contributed by atoms with van der Waals surface area (Å²) in [5.74, 6) is -1.82. The second-order valence-electron chi connectivity index (χ2n) is 7.15. The van der Waals surface area contributed by atoms with Crippen molar-refractivity contribution in [1.29, 1.82) is 0 Å². The van der Waals surface area contributed by atoms with Gasteiger partial charge in [0.15, 0.2) is 5.82 Å². The van der Waals surface area contributed by atoms with Gasteiger partial charge >= 0.3 is 0 Å². The molecule has 32 heavy (non-hydrogen) atoms. The molecule has 2 N–H and O–H groups in total. The Morgan fingerprint density at radius 2 is 1.81 bits per heavy atom. The number of rotatable bonds is 5. The summed E-state index contributed by atoms with van der Waals surface area (Å²) >= 11 is 5.97. The van der Waals surface area contributed by atoms with Crippen molar-refractivity contribution in [2.45, 2.75) is 17.9 Å². The molecule has 3 aromatic rings. The number of methoxy groups -OCH3 is 1. The van der Waals surface area contributed by atoms with Crippen LogP contribution in [-0.2, 0) is 10.0 Å². The largest absolute Gasteiger partial charge is 0.496 e. The molecule has 1 aliphatic rings. The molecule has 6 nitrogen and oxygen atoms in total. The quantitative estimate of drug-likeness (QED) is 0.546. The Morgan fingerprint density at radius 1 is 1.09 bits per heavy atom. The first-order chi connectivity index (χ1) is 15.1. The fraction of sp³-hybridized carbons (Fsp3) is 0.136. The molecule has 166 valence electrons. The molecule has 0 radical (unpaired) electrons. The Kier molecular flexibility index (Phi) is 5.56. The molecule has 0 aromatic heterocycles. The number of hydrogen-bond acceptors (Lipinski definition) is 4. The van der Waals surface area contributed by atoms with Crippen LogP contribution in [0.1, 0.15) is 28.9 Å². The molecule has 0 saturated heterocycles. The fourth-order valence-electron chi connectivity index (χ4n) is 3.53. The molecule has 1 aliphatic heterocycles. The molecular formula is C22H17ClF2N2O4S. The van der Waals surface area contributed by atoms with Gasteiger partial charge in [0.1, 0.15) is 22.1 Å². The third kappa shape index (κ3) is 3.67. The normalized spacial score (nSPS) is 14.5. The Morgan fingerprint density at radius 3 is 2.50 bits per heavy atom. The van der Waals surface area contributed by atoms with E-state index < -0.39 is 33.6 Å². The highest BCUT2D eigenvalue weighted by Crippen LogP contribution is 2.41. The third-order valence-corrected chi connectivity index (χ3v) is 6.80. The summed E-state index contributed by atoms with van der Waals surface area (Å²) < 4.78 is 60.6. The van der Waals surface area contributed by atoms with E-state index in [1.807, 2.05) is 0 Å². The molecule has 0 saturated carbocycles. The molecule has 1 atom stereocenters. The van der Waals surface area contributed by atoms with Gasteiger partial charge in [-0.25, -0.2) is 17.2 Å². The standard InChI is InChI=1S/C22H17ClF2N2O4S/c1-11(26-22(28)16-10-12(23)6-8-17(16)31-2)13-4-3-5-14(19(13)24)15-7-9-18-21(20(15)25)27-32(18,29)30/h3-11,27H,1-2H3,(H,26,28). The van der Waals surface area contributed by atoms with Gasteiger partial charge in [-0.3, -0.25) is 9.52 Å². The van der Waals surface area contributed by atoms with E-state index in [2.05, 4.69) is 10.0 Å². The van der Waals surface area contributed by atoms with Crippen molar-refractivity contribution < 1.29 is 26.7 Å². The molecule has 0 fully saturated rings. The van der Waals surface area contributed by atoms with E-state index in [-0.39, 0.29) is 32.8 Å². The van der Waals surface area contributed by atoms with Crippen LogP contribution in [0.2, 0.25) is 5.02 Å². The molecular weight excluding hydrogens is 462 g/mol. The smallest absolute Gasteiger partial charge is 0.264 e. The topological polar surface area (TPSA) is 84.5 Å². The average Bonchev–Trinajstić information content (AvgIpc) is 2.74. The van der Waals surface area contributed by atoms with E-state index in [4.69, 9.17) is 16.3 Å². The Balaban J connectivity index is 1.66. The van der Waals surface area contributed by atoms with Crippen LogP contribution in [-0.4, -0.2) is 21.4 Å². The van der Waals surface area contributed by atoms with Gasteiger partial charge in [0.25, 0.3) is 15.9 Å². The monoisotopic (exact) mass is 478 g/mol. The molecule has 0 spiro atoms. The van der Waals surface area contributed by atoms with Gasteiger partial charge in [0.05, 0.1) is 18.7 Å². The number of hydrogen-bond donors (Lipinski definition) is 2. The molecule has 1 amide bonds. The number of carbonyl (C=O) groups is 1. The summed E-state index contributed by atoms with van der Waals surface area (Å²) in [7, 11) is -2.28. The predicted octanol–water partition coefficient (Wildman–Crippen LogP) is 4.90. The zero-order valence-corrected chi connectivity index (χ0v) is 18.4. The lowest BCUT2D eigenvalue weighted by Gasteiger charge is -2.23. The van der Waals surface area contributed by atoms with Gasteiger partial charge in [0.2, 0.25) is 0 Å². The maximum Gasteiger partial charge on any atom is 0.264 e. The summed E-state index contributed by atoms with van der Waals surface area (Å²) in [5.41, 5.74) is -0.0406. The third-order valence-electron chi connectivity index (χ3n) is 5.17. The van der Waals surface area contributed by atoms with Crippen molar-refractivity contribution in [2.75, 3.05) is 11.8 Å². The van der Waals surface area contributed by atoms with Crippen molar-refractivity contribution >= 4 is 33.2 Å². The summed E-state index contributed by atoms with van der Waals surface area (Å²) in [6, 6.07) is 10.6.